The van der Waals surface area contributed by atoms with Crippen LogP contribution in [0, 0.1) is 22.6 Å². The van der Waals surface area contributed by atoms with Crippen molar-refractivity contribution in [3.05, 3.63) is 69.4 Å². The lowest BCUT2D eigenvalue weighted by Crippen LogP contribution is -2.22. The molecule has 0 amide bonds. The van der Waals surface area contributed by atoms with Crippen molar-refractivity contribution >= 4 is 15.9 Å². The summed E-state index contributed by atoms with van der Waals surface area (Å²) in [5.41, 5.74) is 2.90. The van der Waals surface area contributed by atoms with Crippen molar-refractivity contribution < 1.29 is 4.39 Å². The van der Waals surface area contributed by atoms with E-state index >= 15 is 0 Å². The van der Waals surface area contributed by atoms with Gasteiger partial charge in [0.25, 0.3) is 0 Å². The highest BCUT2D eigenvalue weighted by Gasteiger charge is 2.37. The summed E-state index contributed by atoms with van der Waals surface area (Å²) in [6.07, 6.45) is 2.07. The van der Waals surface area contributed by atoms with Crippen LogP contribution in [0.1, 0.15) is 16.7 Å². The lowest BCUT2D eigenvalue weighted by molar-refractivity contribution is 0.417. The van der Waals surface area contributed by atoms with Gasteiger partial charge in [0.05, 0.1) is 11.5 Å². The van der Waals surface area contributed by atoms with Crippen LogP contribution in [0.3, 0.4) is 0 Å². The predicted octanol–water partition coefficient (Wildman–Crippen LogP) is 4.44. The summed E-state index contributed by atoms with van der Waals surface area (Å²) >= 11 is 3.31. The molecule has 3 heteroatoms. The molecule has 2 aromatic carbocycles. The second-order valence-corrected chi connectivity index (χ2v) is 6.38. The fourth-order valence-corrected chi connectivity index (χ4v) is 3.55. The van der Waals surface area contributed by atoms with Crippen LogP contribution in [0.15, 0.2) is 46.9 Å². The average Bonchev–Trinajstić information content (AvgIpc) is 2.76. The first-order chi connectivity index (χ1) is 9.60. The highest BCUT2D eigenvalue weighted by atomic mass is 79.9. The smallest absolute Gasteiger partial charge is 0.124 e. The molecule has 1 aliphatic carbocycles. The van der Waals surface area contributed by atoms with Crippen molar-refractivity contribution in [2.45, 2.75) is 19.3 Å². The van der Waals surface area contributed by atoms with E-state index < -0.39 is 5.41 Å². The van der Waals surface area contributed by atoms with Gasteiger partial charge in [-0.05, 0) is 54.2 Å². The van der Waals surface area contributed by atoms with E-state index in [1.54, 1.807) is 0 Å². The van der Waals surface area contributed by atoms with Crippen molar-refractivity contribution in [3.63, 3.8) is 0 Å². The topological polar surface area (TPSA) is 23.8 Å². The third kappa shape index (κ3) is 2.48. The molecule has 0 spiro atoms. The van der Waals surface area contributed by atoms with E-state index in [0.717, 1.165) is 22.9 Å². The Kier molecular flexibility index (Phi) is 3.35. The summed E-state index contributed by atoms with van der Waals surface area (Å²) in [7, 11) is 0. The molecule has 1 nitrogen and oxygen atoms in total. The number of hydrogen-bond donors (Lipinski definition) is 0. The van der Waals surface area contributed by atoms with Crippen molar-refractivity contribution in [3.8, 4) is 6.07 Å². The molecule has 0 saturated carbocycles. The quantitative estimate of drug-likeness (QED) is 0.799. The lowest BCUT2D eigenvalue weighted by Gasteiger charge is -2.20. The van der Waals surface area contributed by atoms with Gasteiger partial charge in [0.2, 0.25) is 0 Å². The molecule has 0 fully saturated rings. The van der Waals surface area contributed by atoms with Crippen LogP contribution in [-0.4, -0.2) is 0 Å². The summed E-state index contributed by atoms with van der Waals surface area (Å²) in [6, 6.07) is 15.5. The predicted molar refractivity (Wildman–Crippen MR) is 79.7 cm³/mol. The number of hydrogen-bond acceptors (Lipinski definition) is 1. The van der Waals surface area contributed by atoms with Crippen molar-refractivity contribution in [1.82, 2.24) is 0 Å². The summed E-state index contributed by atoms with van der Waals surface area (Å²) < 4.78 is 14.2. The molecule has 3 rings (SSSR count). The summed E-state index contributed by atoms with van der Waals surface area (Å²) in [5, 5.41) is 9.63. The van der Waals surface area contributed by atoms with Gasteiger partial charge in [-0.2, -0.15) is 5.26 Å². The largest absolute Gasteiger partial charge is 0.207 e. The van der Waals surface area contributed by atoms with Gasteiger partial charge in [-0.25, -0.2) is 4.39 Å². The van der Waals surface area contributed by atoms with Crippen LogP contribution in [0.2, 0.25) is 0 Å². The first-order valence-corrected chi connectivity index (χ1v) is 7.33. The molecule has 2 aromatic rings. The van der Waals surface area contributed by atoms with E-state index in [4.69, 9.17) is 0 Å². The normalized spacial score (nSPS) is 15.7. The summed E-state index contributed by atoms with van der Waals surface area (Å²) in [4.78, 5) is 0. The Hall–Kier alpha value is -1.66. The zero-order valence-corrected chi connectivity index (χ0v) is 12.5. The van der Waals surface area contributed by atoms with Crippen LogP contribution in [-0.2, 0) is 19.3 Å². The Labute approximate surface area is 126 Å². The number of halogens is 2. The van der Waals surface area contributed by atoms with Crippen LogP contribution in [0.25, 0.3) is 0 Å². The minimum atomic E-state index is -0.448. The second kappa shape index (κ2) is 5.03. The Morgan fingerprint density at radius 2 is 1.80 bits per heavy atom. The van der Waals surface area contributed by atoms with E-state index in [0.29, 0.717) is 6.42 Å². The highest BCUT2D eigenvalue weighted by Crippen LogP contribution is 2.39. The van der Waals surface area contributed by atoms with E-state index in [9.17, 15) is 9.65 Å². The Bertz CT molecular complexity index is 657. The third-order valence-corrected chi connectivity index (χ3v) is 4.34. The molecule has 0 radical (unpaired) electrons. The summed E-state index contributed by atoms with van der Waals surface area (Å²) in [6.45, 7) is 0. The zero-order valence-electron chi connectivity index (χ0n) is 10.9. The van der Waals surface area contributed by atoms with Gasteiger partial charge in [-0.15, -0.1) is 0 Å². The average molecular weight is 330 g/mol. The molecular formula is C17H13BrFN. The fourth-order valence-electron chi connectivity index (χ4n) is 3.04. The molecule has 0 unspecified atom stereocenters. The lowest BCUT2D eigenvalue weighted by atomic mass is 9.80. The molecule has 0 bridgehead atoms. The minimum absolute atomic E-state index is 0.266. The van der Waals surface area contributed by atoms with Gasteiger partial charge in [-0.1, -0.05) is 40.2 Å². The van der Waals surface area contributed by atoms with Gasteiger partial charge >= 0.3 is 0 Å². The number of rotatable bonds is 2. The molecule has 1 aliphatic rings. The second-order valence-electron chi connectivity index (χ2n) is 5.47. The van der Waals surface area contributed by atoms with Gasteiger partial charge in [0.15, 0.2) is 0 Å². The van der Waals surface area contributed by atoms with E-state index in [1.807, 2.05) is 18.2 Å². The van der Waals surface area contributed by atoms with Gasteiger partial charge in [-0.3, -0.25) is 0 Å². The van der Waals surface area contributed by atoms with Gasteiger partial charge in [0, 0.05) is 4.47 Å². The summed E-state index contributed by atoms with van der Waals surface area (Å²) in [5.74, 6) is -0.266. The molecule has 0 aliphatic heterocycles. The molecule has 0 saturated heterocycles. The molecule has 0 heterocycles. The van der Waals surface area contributed by atoms with E-state index in [2.05, 4.69) is 34.1 Å². The molecular weight excluding hydrogens is 317 g/mol. The van der Waals surface area contributed by atoms with E-state index in [-0.39, 0.29) is 5.82 Å². The van der Waals surface area contributed by atoms with Crippen LogP contribution in [0.5, 0.6) is 0 Å². The number of nitrogens with zero attached hydrogens (tertiary/aromatic N) is 1. The Balaban J connectivity index is 1.91. The van der Waals surface area contributed by atoms with Crippen LogP contribution < -0.4 is 0 Å². The third-order valence-electron chi connectivity index (χ3n) is 3.88. The maximum Gasteiger partial charge on any atom is 0.124 e. The maximum atomic E-state index is 13.5. The first-order valence-electron chi connectivity index (χ1n) is 6.53. The molecule has 0 aromatic heterocycles. The molecule has 0 N–H and O–H groups in total. The SMILES string of the molecule is N#CC1(Cc2cc(F)cc(Br)c2)Cc2ccccc2C1. The number of nitriles is 1. The minimum Gasteiger partial charge on any atom is -0.207 e. The van der Waals surface area contributed by atoms with Crippen LogP contribution in [0.4, 0.5) is 4.39 Å². The monoisotopic (exact) mass is 329 g/mol. The highest BCUT2D eigenvalue weighted by molar-refractivity contribution is 9.10. The number of benzene rings is 2. The van der Waals surface area contributed by atoms with Gasteiger partial charge in [0.1, 0.15) is 5.82 Å². The Morgan fingerprint density at radius 1 is 1.15 bits per heavy atom. The first kappa shape index (κ1) is 13.3. The molecule has 0 atom stereocenters. The van der Waals surface area contributed by atoms with E-state index in [1.165, 1.54) is 23.3 Å². The zero-order chi connectivity index (χ0) is 14.2. The van der Waals surface area contributed by atoms with Gasteiger partial charge < -0.3 is 0 Å². The maximum absolute atomic E-state index is 13.5. The molecule has 20 heavy (non-hydrogen) atoms. The van der Waals surface area contributed by atoms with Crippen molar-refractivity contribution in [2.75, 3.05) is 0 Å². The van der Waals surface area contributed by atoms with Crippen LogP contribution >= 0.6 is 15.9 Å². The standard InChI is InChI=1S/C17H13BrFN/c18-15-5-12(6-16(19)7-15)8-17(11-20)9-13-3-1-2-4-14(13)10-17/h1-7H,8-10H2. The Morgan fingerprint density at radius 3 is 2.35 bits per heavy atom. The number of fused-ring (bicyclic) bond motifs is 1. The fraction of sp³-hybridized carbons (Fsp3) is 0.235. The van der Waals surface area contributed by atoms with Crippen molar-refractivity contribution in [1.29, 1.82) is 5.26 Å². The molecule has 100 valence electrons. The van der Waals surface area contributed by atoms with Crippen molar-refractivity contribution in [2.24, 2.45) is 5.41 Å².